The lowest BCUT2D eigenvalue weighted by Crippen LogP contribution is -2.46. The van der Waals surface area contributed by atoms with Crippen LogP contribution in [0.3, 0.4) is 0 Å². The third kappa shape index (κ3) is 4.60. The number of amides is 1. The Kier molecular flexibility index (Phi) is 6.18. The number of fused-ring (bicyclic) bond motifs is 1. The molecule has 1 amide bonds. The Bertz CT molecular complexity index is 1430. The van der Waals surface area contributed by atoms with Crippen molar-refractivity contribution in [2.45, 2.75) is 4.90 Å². The van der Waals surface area contributed by atoms with Gasteiger partial charge in [0.25, 0.3) is 5.91 Å². The number of benzene rings is 3. The summed E-state index contributed by atoms with van der Waals surface area (Å²) in [5.41, 5.74) is 3.29. The number of rotatable bonds is 5. The third-order valence-corrected chi connectivity index (χ3v) is 8.76. The minimum Gasteiger partial charge on any atom is -0.304 e. The van der Waals surface area contributed by atoms with E-state index >= 15 is 0 Å². The molecule has 5 rings (SSSR count). The summed E-state index contributed by atoms with van der Waals surface area (Å²) < 4.78 is 28.4. The molecule has 0 unspecified atom stereocenters. The molecule has 7 nitrogen and oxygen atoms in total. The van der Waals surface area contributed by atoms with Gasteiger partial charge in [-0.05, 0) is 48.5 Å². The topological polar surface area (TPSA) is 82.6 Å². The number of carbonyl (C=O) groups is 1. The van der Waals surface area contributed by atoms with Gasteiger partial charge in [0.15, 0.2) is 5.13 Å². The van der Waals surface area contributed by atoms with Crippen molar-refractivity contribution >= 4 is 42.6 Å². The molecule has 0 saturated carbocycles. The molecular weight excluding hydrogens is 468 g/mol. The van der Waals surface area contributed by atoms with Gasteiger partial charge in [-0.3, -0.25) is 10.1 Å². The number of likely N-dealkylation sites (N-methyl/N-ethyl adjacent to an activating group) is 1. The highest BCUT2D eigenvalue weighted by molar-refractivity contribution is 7.89. The molecule has 34 heavy (non-hydrogen) atoms. The number of carbonyl (C=O) groups excluding carboxylic acids is 1. The predicted molar refractivity (Wildman–Crippen MR) is 136 cm³/mol. The fourth-order valence-corrected chi connectivity index (χ4v) is 6.33. The number of thiazole rings is 1. The zero-order chi connectivity index (χ0) is 23.7. The van der Waals surface area contributed by atoms with Crippen LogP contribution in [-0.2, 0) is 10.0 Å². The first-order chi connectivity index (χ1) is 16.4. The van der Waals surface area contributed by atoms with E-state index < -0.39 is 10.0 Å². The van der Waals surface area contributed by atoms with Crippen LogP contribution in [0.2, 0.25) is 0 Å². The summed E-state index contributed by atoms with van der Waals surface area (Å²) in [6.07, 6.45) is 0. The number of aromatic nitrogens is 1. The van der Waals surface area contributed by atoms with E-state index in [4.69, 9.17) is 0 Å². The van der Waals surface area contributed by atoms with Gasteiger partial charge in [-0.15, -0.1) is 0 Å². The zero-order valence-electron chi connectivity index (χ0n) is 18.6. The van der Waals surface area contributed by atoms with Gasteiger partial charge in [-0.2, -0.15) is 4.31 Å². The minimum absolute atomic E-state index is 0.252. The molecule has 1 aliphatic heterocycles. The van der Waals surface area contributed by atoms with Crippen LogP contribution in [0.15, 0.2) is 77.7 Å². The standard InChI is InChI=1S/C25H24N4O3S2/c1-28-13-15-29(16-14-28)34(31,32)21-11-12-22-23(17-21)33-25(26-22)27-24(30)20-9-7-19(8-10-20)18-5-3-2-4-6-18/h2-12,17H,13-16H2,1H3,(H,26,27,30). The van der Waals surface area contributed by atoms with Crippen LogP contribution in [0.25, 0.3) is 21.3 Å². The largest absolute Gasteiger partial charge is 0.304 e. The van der Waals surface area contributed by atoms with E-state index in [0.29, 0.717) is 47.1 Å². The molecule has 1 N–H and O–H groups in total. The van der Waals surface area contributed by atoms with Crippen molar-refractivity contribution < 1.29 is 13.2 Å². The van der Waals surface area contributed by atoms with E-state index in [-0.39, 0.29) is 10.8 Å². The molecule has 1 aliphatic rings. The van der Waals surface area contributed by atoms with Crippen molar-refractivity contribution in [1.29, 1.82) is 0 Å². The molecule has 1 aromatic heterocycles. The molecule has 9 heteroatoms. The van der Waals surface area contributed by atoms with Crippen molar-refractivity contribution in [1.82, 2.24) is 14.2 Å². The molecule has 0 atom stereocenters. The highest BCUT2D eigenvalue weighted by Crippen LogP contribution is 2.30. The predicted octanol–water partition coefficient (Wildman–Crippen LogP) is 4.15. The SMILES string of the molecule is CN1CCN(S(=O)(=O)c2ccc3nc(NC(=O)c4ccc(-c5ccccc5)cc4)sc3c2)CC1. The van der Waals surface area contributed by atoms with Crippen molar-refractivity contribution in [3.8, 4) is 11.1 Å². The molecule has 2 heterocycles. The minimum atomic E-state index is -3.56. The van der Waals surface area contributed by atoms with Gasteiger partial charge in [-0.25, -0.2) is 13.4 Å². The first-order valence-corrected chi connectivity index (χ1v) is 13.2. The fraction of sp³-hybridized carbons (Fsp3) is 0.200. The molecule has 4 aromatic rings. The summed E-state index contributed by atoms with van der Waals surface area (Å²) in [5.74, 6) is -0.260. The van der Waals surface area contributed by atoms with Crippen LogP contribution in [0, 0.1) is 0 Å². The molecule has 1 saturated heterocycles. The van der Waals surface area contributed by atoms with E-state index in [2.05, 4.69) is 15.2 Å². The zero-order valence-corrected chi connectivity index (χ0v) is 20.3. The average Bonchev–Trinajstić information content (AvgIpc) is 3.26. The number of anilines is 1. The Morgan fingerprint density at radius 2 is 1.59 bits per heavy atom. The van der Waals surface area contributed by atoms with E-state index in [1.165, 1.54) is 15.6 Å². The number of nitrogens with zero attached hydrogens (tertiary/aromatic N) is 3. The van der Waals surface area contributed by atoms with Crippen LogP contribution < -0.4 is 5.32 Å². The molecule has 174 valence electrons. The van der Waals surface area contributed by atoms with Gasteiger partial charge >= 0.3 is 0 Å². The Morgan fingerprint density at radius 1 is 0.912 bits per heavy atom. The number of nitrogens with one attached hydrogen (secondary N) is 1. The summed E-state index contributed by atoms with van der Waals surface area (Å²) in [4.78, 5) is 19.6. The van der Waals surface area contributed by atoms with Gasteiger partial charge in [0.2, 0.25) is 10.0 Å². The van der Waals surface area contributed by atoms with Crippen molar-refractivity contribution in [2.24, 2.45) is 0 Å². The number of sulfonamides is 1. The van der Waals surface area contributed by atoms with E-state index in [9.17, 15) is 13.2 Å². The second-order valence-electron chi connectivity index (χ2n) is 8.25. The van der Waals surface area contributed by atoms with Crippen LogP contribution in [0.5, 0.6) is 0 Å². The van der Waals surface area contributed by atoms with Gasteiger partial charge in [-0.1, -0.05) is 53.8 Å². The summed E-state index contributed by atoms with van der Waals surface area (Å²) in [6.45, 7) is 2.38. The maximum Gasteiger partial charge on any atom is 0.257 e. The summed E-state index contributed by atoms with van der Waals surface area (Å²) in [6, 6.07) is 22.3. The Morgan fingerprint density at radius 3 is 2.29 bits per heavy atom. The van der Waals surface area contributed by atoms with Gasteiger partial charge in [0.1, 0.15) is 0 Å². The second-order valence-corrected chi connectivity index (χ2v) is 11.2. The van der Waals surface area contributed by atoms with E-state index in [0.717, 1.165) is 11.1 Å². The number of piperazine rings is 1. The second kappa shape index (κ2) is 9.27. The molecule has 0 radical (unpaired) electrons. The fourth-order valence-electron chi connectivity index (χ4n) is 3.91. The maximum absolute atomic E-state index is 13.1. The monoisotopic (exact) mass is 492 g/mol. The van der Waals surface area contributed by atoms with Crippen molar-refractivity contribution in [3.63, 3.8) is 0 Å². The first kappa shape index (κ1) is 22.7. The molecule has 3 aromatic carbocycles. The Balaban J connectivity index is 1.32. The smallest absolute Gasteiger partial charge is 0.257 e. The van der Waals surface area contributed by atoms with Crippen LogP contribution in [0.1, 0.15) is 10.4 Å². The third-order valence-electron chi connectivity index (χ3n) is 5.93. The maximum atomic E-state index is 13.1. The average molecular weight is 493 g/mol. The summed E-state index contributed by atoms with van der Waals surface area (Å²) in [5, 5.41) is 3.27. The van der Waals surface area contributed by atoms with E-state index in [1.54, 1.807) is 30.3 Å². The number of hydrogen-bond donors (Lipinski definition) is 1. The molecular formula is C25H24N4O3S2. The number of hydrogen-bond acceptors (Lipinski definition) is 6. The normalized spacial score (nSPS) is 15.4. The molecule has 0 aliphatic carbocycles. The summed E-state index contributed by atoms with van der Waals surface area (Å²) in [7, 11) is -1.58. The highest BCUT2D eigenvalue weighted by Gasteiger charge is 2.28. The van der Waals surface area contributed by atoms with Crippen molar-refractivity contribution in [3.05, 3.63) is 78.4 Å². The van der Waals surface area contributed by atoms with E-state index in [1.807, 2.05) is 49.5 Å². The molecule has 1 fully saturated rings. The summed E-state index contributed by atoms with van der Waals surface area (Å²) >= 11 is 1.26. The lowest BCUT2D eigenvalue weighted by Gasteiger charge is -2.31. The van der Waals surface area contributed by atoms with Crippen LogP contribution in [-0.4, -0.2) is 61.7 Å². The lowest BCUT2D eigenvalue weighted by molar-refractivity contribution is 0.102. The van der Waals surface area contributed by atoms with Gasteiger partial charge in [0.05, 0.1) is 15.1 Å². The highest BCUT2D eigenvalue weighted by atomic mass is 32.2. The lowest BCUT2D eigenvalue weighted by atomic mass is 10.0. The molecule has 0 spiro atoms. The first-order valence-electron chi connectivity index (χ1n) is 11.0. The van der Waals surface area contributed by atoms with Gasteiger partial charge < -0.3 is 4.90 Å². The Labute approximate surface area is 202 Å². The quantitative estimate of drug-likeness (QED) is 0.453. The van der Waals surface area contributed by atoms with Crippen LogP contribution in [0.4, 0.5) is 5.13 Å². The van der Waals surface area contributed by atoms with Crippen LogP contribution >= 0.6 is 11.3 Å². The molecule has 0 bridgehead atoms. The van der Waals surface area contributed by atoms with Crippen molar-refractivity contribution in [2.75, 3.05) is 38.5 Å². The Hall–Kier alpha value is -3.11. The van der Waals surface area contributed by atoms with Gasteiger partial charge in [0, 0.05) is 31.7 Å².